The molecule has 6 rings (SSSR count). The van der Waals surface area contributed by atoms with Gasteiger partial charge in [0.2, 0.25) is 5.89 Å². The Kier molecular flexibility index (Phi) is 5.34. The molecule has 2 aliphatic heterocycles. The molecule has 0 spiro atoms. The molecule has 5 heterocycles. The van der Waals surface area contributed by atoms with Crippen molar-refractivity contribution in [2.45, 2.75) is 24.9 Å². The second kappa shape index (κ2) is 8.65. The van der Waals surface area contributed by atoms with Crippen molar-refractivity contribution in [2.24, 2.45) is 0 Å². The van der Waals surface area contributed by atoms with Gasteiger partial charge in [0.1, 0.15) is 5.69 Å². The van der Waals surface area contributed by atoms with E-state index >= 15 is 0 Å². The molecular weight excluding hydrogens is 444 g/mol. The van der Waals surface area contributed by atoms with Gasteiger partial charge in [-0.2, -0.15) is 8.78 Å². The Balaban J connectivity index is 1.11. The number of halogens is 2. The van der Waals surface area contributed by atoms with Gasteiger partial charge in [-0.3, -0.25) is 9.88 Å². The highest BCUT2D eigenvalue weighted by atomic mass is 19.3. The molecule has 174 valence electrons. The monoisotopic (exact) mass is 465 g/mol. The Morgan fingerprint density at radius 3 is 2.62 bits per heavy atom. The maximum atomic E-state index is 12.6. The number of ether oxygens (including phenoxy) is 1. The molecule has 2 saturated heterocycles. The Bertz CT molecular complexity index is 1280. The summed E-state index contributed by atoms with van der Waals surface area (Å²) < 4.78 is 37.2. The first-order valence-electron chi connectivity index (χ1n) is 11.0. The SMILES string of the molecule is FC(F)c1nnc(-c2ccc(Cn3cc(-c4cccc(C5CN(C6COC6)C5)c4)nn3)nc2)o1. The van der Waals surface area contributed by atoms with Crippen molar-refractivity contribution in [1.82, 2.24) is 35.1 Å². The van der Waals surface area contributed by atoms with E-state index in [4.69, 9.17) is 9.15 Å². The summed E-state index contributed by atoms with van der Waals surface area (Å²) in [6.45, 7) is 4.26. The van der Waals surface area contributed by atoms with E-state index in [0.29, 0.717) is 24.1 Å². The average Bonchev–Trinajstić information content (AvgIpc) is 3.45. The number of likely N-dealkylation sites (tertiary alicyclic amines) is 1. The third kappa shape index (κ3) is 4.08. The number of rotatable bonds is 7. The molecule has 11 heteroatoms. The first-order chi connectivity index (χ1) is 16.6. The van der Waals surface area contributed by atoms with Gasteiger partial charge in [-0.25, -0.2) is 4.68 Å². The first-order valence-corrected chi connectivity index (χ1v) is 11.0. The van der Waals surface area contributed by atoms with Crippen LogP contribution in [0.25, 0.3) is 22.7 Å². The van der Waals surface area contributed by atoms with Crippen molar-refractivity contribution < 1.29 is 17.9 Å². The number of hydrogen-bond acceptors (Lipinski definition) is 8. The van der Waals surface area contributed by atoms with Gasteiger partial charge >= 0.3 is 6.43 Å². The van der Waals surface area contributed by atoms with Crippen molar-refractivity contribution in [3.8, 4) is 22.7 Å². The summed E-state index contributed by atoms with van der Waals surface area (Å²) in [4.78, 5) is 6.84. The normalized spacial score (nSPS) is 17.1. The Morgan fingerprint density at radius 2 is 1.91 bits per heavy atom. The fourth-order valence-corrected chi connectivity index (χ4v) is 4.17. The predicted octanol–water partition coefficient (Wildman–Crippen LogP) is 3.17. The van der Waals surface area contributed by atoms with Crippen LogP contribution in [-0.2, 0) is 11.3 Å². The smallest absolute Gasteiger partial charge is 0.314 e. The molecule has 0 unspecified atom stereocenters. The molecule has 0 N–H and O–H groups in total. The number of alkyl halides is 2. The highest BCUT2D eigenvalue weighted by molar-refractivity contribution is 5.59. The van der Waals surface area contributed by atoms with Crippen molar-refractivity contribution in [1.29, 1.82) is 0 Å². The van der Waals surface area contributed by atoms with Crippen LogP contribution >= 0.6 is 0 Å². The lowest BCUT2D eigenvalue weighted by molar-refractivity contribution is -0.0906. The minimum absolute atomic E-state index is 0.00729. The Hall–Kier alpha value is -3.57. The number of nitrogens with zero attached hydrogens (tertiary/aromatic N) is 7. The summed E-state index contributed by atoms with van der Waals surface area (Å²) in [5, 5.41) is 15.5. The van der Waals surface area contributed by atoms with Gasteiger partial charge < -0.3 is 9.15 Å². The maximum Gasteiger partial charge on any atom is 0.314 e. The molecule has 34 heavy (non-hydrogen) atoms. The topological polar surface area (TPSA) is 95.0 Å². The largest absolute Gasteiger partial charge is 0.415 e. The van der Waals surface area contributed by atoms with Gasteiger partial charge in [0.15, 0.2) is 0 Å². The molecule has 2 fully saturated rings. The van der Waals surface area contributed by atoms with Crippen LogP contribution in [0.3, 0.4) is 0 Å². The van der Waals surface area contributed by atoms with E-state index in [1.165, 1.54) is 11.8 Å². The molecule has 4 aromatic rings. The number of hydrogen-bond donors (Lipinski definition) is 0. The molecular formula is C23H21F2N7O2. The van der Waals surface area contributed by atoms with Crippen LogP contribution < -0.4 is 0 Å². The second-order valence-corrected chi connectivity index (χ2v) is 8.55. The van der Waals surface area contributed by atoms with E-state index in [1.54, 1.807) is 16.8 Å². The van der Waals surface area contributed by atoms with Crippen LogP contribution in [0.4, 0.5) is 8.78 Å². The quantitative estimate of drug-likeness (QED) is 0.411. The highest BCUT2D eigenvalue weighted by Gasteiger charge is 2.36. The lowest BCUT2D eigenvalue weighted by Crippen LogP contribution is -2.58. The fraction of sp³-hybridized carbons (Fsp3) is 0.348. The minimum Gasteiger partial charge on any atom is -0.415 e. The van der Waals surface area contributed by atoms with Crippen LogP contribution in [0.1, 0.15) is 29.5 Å². The summed E-state index contributed by atoms with van der Waals surface area (Å²) in [6.07, 6.45) is 0.596. The van der Waals surface area contributed by atoms with E-state index in [2.05, 4.69) is 48.6 Å². The minimum atomic E-state index is -2.80. The Morgan fingerprint density at radius 1 is 1.03 bits per heavy atom. The lowest BCUT2D eigenvalue weighted by atomic mass is 9.88. The maximum absolute atomic E-state index is 12.6. The first kappa shape index (κ1) is 21.0. The van der Waals surface area contributed by atoms with Crippen molar-refractivity contribution in [2.75, 3.05) is 26.3 Å². The van der Waals surface area contributed by atoms with Gasteiger partial charge in [-0.1, -0.05) is 23.4 Å². The van der Waals surface area contributed by atoms with Crippen molar-refractivity contribution in [3.63, 3.8) is 0 Å². The van der Waals surface area contributed by atoms with E-state index in [0.717, 1.165) is 43.3 Å². The molecule has 1 aromatic carbocycles. The molecule has 0 saturated carbocycles. The Labute approximate surface area is 193 Å². The van der Waals surface area contributed by atoms with Gasteiger partial charge in [0.05, 0.1) is 43.3 Å². The van der Waals surface area contributed by atoms with E-state index in [9.17, 15) is 8.78 Å². The molecule has 0 amide bonds. The molecule has 2 aliphatic rings. The fourth-order valence-electron chi connectivity index (χ4n) is 4.17. The summed E-state index contributed by atoms with van der Waals surface area (Å²) in [6, 6.07) is 12.5. The predicted molar refractivity (Wildman–Crippen MR) is 116 cm³/mol. The van der Waals surface area contributed by atoms with Crippen molar-refractivity contribution in [3.05, 3.63) is 65.9 Å². The van der Waals surface area contributed by atoms with Crippen LogP contribution in [0.2, 0.25) is 0 Å². The zero-order chi connectivity index (χ0) is 23.1. The van der Waals surface area contributed by atoms with E-state index in [1.807, 2.05) is 12.3 Å². The van der Waals surface area contributed by atoms with Crippen LogP contribution in [0.15, 0.2) is 53.2 Å². The molecule has 0 aliphatic carbocycles. The van der Waals surface area contributed by atoms with E-state index < -0.39 is 12.3 Å². The molecule has 0 bridgehead atoms. The van der Waals surface area contributed by atoms with Crippen molar-refractivity contribution >= 4 is 0 Å². The molecule has 3 aromatic heterocycles. The average molecular weight is 465 g/mol. The van der Waals surface area contributed by atoms with Crippen LogP contribution in [0.5, 0.6) is 0 Å². The van der Waals surface area contributed by atoms with Crippen LogP contribution in [-0.4, -0.2) is 67.4 Å². The summed E-state index contributed by atoms with van der Waals surface area (Å²) in [5.74, 6) is -0.164. The van der Waals surface area contributed by atoms with E-state index in [-0.39, 0.29) is 5.89 Å². The molecule has 0 radical (unpaired) electrons. The van der Waals surface area contributed by atoms with Gasteiger partial charge in [-0.15, -0.1) is 15.3 Å². The van der Waals surface area contributed by atoms with Gasteiger partial charge in [0, 0.05) is 30.8 Å². The second-order valence-electron chi connectivity index (χ2n) is 8.55. The molecule has 9 nitrogen and oxygen atoms in total. The summed E-state index contributed by atoms with van der Waals surface area (Å²) in [7, 11) is 0. The van der Waals surface area contributed by atoms with Gasteiger partial charge in [0.25, 0.3) is 5.89 Å². The molecule has 0 atom stereocenters. The van der Waals surface area contributed by atoms with Gasteiger partial charge in [-0.05, 0) is 23.8 Å². The summed E-state index contributed by atoms with van der Waals surface area (Å²) >= 11 is 0. The third-order valence-corrected chi connectivity index (χ3v) is 6.26. The number of aromatic nitrogens is 6. The standard InChI is InChI=1S/C23H21F2N7O2/c24-21(25)23-29-28-22(34-23)16-4-5-18(26-7-16)10-32-11-20(27-30-32)15-3-1-2-14(6-15)17-8-31(9-17)19-12-33-13-19/h1-7,11,17,19,21H,8-10,12-13H2. The highest BCUT2D eigenvalue weighted by Crippen LogP contribution is 2.32. The number of pyridine rings is 1. The van der Waals surface area contributed by atoms with Crippen LogP contribution in [0, 0.1) is 0 Å². The lowest BCUT2D eigenvalue weighted by Gasteiger charge is -2.47. The zero-order valence-electron chi connectivity index (χ0n) is 18.1. The zero-order valence-corrected chi connectivity index (χ0v) is 18.1. The third-order valence-electron chi connectivity index (χ3n) is 6.26. The number of benzene rings is 1. The summed E-state index contributed by atoms with van der Waals surface area (Å²) in [5.41, 5.74) is 4.35.